The summed E-state index contributed by atoms with van der Waals surface area (Å²) in [6.07, 6.45) is 1.57. The van der Waals surface area contributed by atoms with Gasteiger partial charge in [-0.1, -0.05) is 0 Å². The molecule has 6 nitrogen and oxygen atoms in total. The first-order chi connectivity index (χ1) is 8.65. The summed E-state index contributed by atoms with van der Waals surface area (Å²) in [7, 11) is 0. The van der Waals surface area contributed by atoms with Gasteiger partial charge in [0, 0.05) is 31.2 Å². The van der Waals surface area contributed by atoms with Crippen LogP contribution in [0.15, 0.2) is 11.7 Å². The van der Waals surface area contributed by atoms with Crippen molar-refractivity contribution < 1.29 is 9.59 Å². The number of hydrogen-bond acceptors (Lipinski definition) is 6. The summed E-state index contributed by atoms with van der Waals surface area (Å²) in [5.41, 5.74) is 6.72. The quantitative estimate of drug-likeness (QED) is 0.609. The van der Waals surface area contributed by atoms with Crippen molar-refractivity contribution in [2.75, 3.05) is 19.6 Å². The molecule has 2 aliphatic heterocycles. The van der Waals surface area contributed by atoms with Gasteiger partial charge in [-0.15, -0.1) is 11.3 Å². The lowest BCUT2D eigenvalue weighted by Crippen LogP contribution is -2.70. The van der Waals surface area contributed by atoms with Gasteiger partial charge in [-0.2, -0.15) is 0 Å². The van der Waals surface area contributed by atoms with Crippen LogP contribution in [0.5, 0.6) is 0 Å². The minimum atomic E-state index is -0.354. The van der Waals surface area contributed by atoms with Gasteiger partial charge in [-0.25, -0.2) is 0 Å². The van der Waals surface area contributed by atoms with Crippen LogP contribution < -0.4 is 16.4 Å². The fraction of sp³-hybridized carbons (Fsp3) is 0.545. The maximum Gasteiger partial charge on any atom is 0.222 e. The first-order valence-electron chi connectivity index (χ1n) is 5.81. The number of hydrogen-bond donors (Lipinski definition) is 3. The Labute approximate surface area is 108 Å². The average molecular weight is 266 g/mol. The highest BCUT2D eigenvalue weighted by Crippen LogP contribution is 2.41. The van der Waals surface area contributed by atoms with Gasteiger partial charge in [0.15, 0.2) is 5.78 Å². The van der Waals surface area contributed by atoms with Gasteiger partial charge in [0.05, 0.1) is 22.3 Å². The summed E-state index contributed by atoms with van der Waals surface area (Å²) in [4.78, 5) is 28.4. The zero-order valence-electron chi connectivity index (χ0n) is 9.68. The maximum atomic E-state index is 12.3. The summed E-state index contributed by atoms with van der Waals surface area (Å²) in [5, 5.41) is 6.30. The third kappa shape index (κ3) is 1.51. The van der Waals surface area contributed by atoms with E-state index in [2.05, 4.69) is 15.6 Å². The lowest BCUT2D eigenvalue weighted by atomic mass is 9.65. The maximum absolute atomic E-state index is 12.3. The predicted molar refractivity (Wildman–Crippen MR) is 66.2 cm³/mol. The third-order valence-electron chi connectivity index (χ3n) is 3.99. The molecule has 3 atom stereocenters. The van der Waals surface area contributed by atoms with E-state index in [1.54, 1.807) is 11.7 Å². The number of thiazole rings is 1. The summed E-state index contributed by atoms with van der Waals surface area (Å²) in [5.74, 6) is -0.595. The van der Waals surface area contributed by atoms with Crippen molar-refractivity contribution in [2.24, 2.45) is 17.1 Å². The standard InChI is InChI=1S/C11H14N4O2S/c12-10(17)6-1-13-3-11(6)4-15-9(11)8(16)7-2-14-5-18-7/h2,5-6,9,13,15H,1,3-4H2,(H2,12,17). The first kappa shape index (κ1) is 11.8. The normalized spacial score (nSPS) is 34.4. The molecule has 3 unspecified atom stereocenters. The molecule has 2 fully saturated rings. The number of rotatable bonds is 3. The van der Waals surface area contributed by atoms with Gasteiger partial charge in [-0.3, -0.25) is 14.6 Å². The van der Waals surface area contributed by atoms with E-state index >= 15 is 0 Å². The number of nitrogens with two attached hydrogens (primary N) is 1. The van der Waals surface area contributed by atoms with Crippen LogP contribution in [0.3, 0.4) is 0 Å². The molecule has 0 aromatic carbocycles. The smallest absolute Gasteiger partial charge is 0.222 e. The van der Waals surface area contributed by atoms with Gasteiger partial charge in [0.25, 0.3) is 0 Å². The molecule has 3 heterocycles. The van der Waals surface area contributed by atoms with Crippen molar-refractivity contribution in [1.29, 1.82) is 0 Å². The van der Waals surface area contributed by atoms with Crippen LogP contribution in [-0.4, -0.2) is 42.4 Å². The number of nitrogens with zero attached hydrogens (tertiary/aromatic N) is 1. The second kappa shape index (κ2) is 4.11. The molecular weight excluding hydrogens is 252 g/mol. The minimum Gasteiger partial charge on any atom is -0.369 e. The summed E-state index contributed by atoms with van der Waals surface area (Å²) in [6.45, 7) is 1.87. The molecule has 18 heavy (non-hydrogen) atoms. The zero-order chi connectivity index (χ0) is 12.8. The number of aromatic nitrogens is 1. The molecule has 1 aromatic heterocycles. The monoisotopic (exact) mass is 266 g/mol. The highest BCUT2D eigenvalue weighted by atomic mass is 32.1. The van der Waals surface area contributed by atoms with Gasteiger partial charge >= 0.3 is 0 Å². The topological polar surface area (TPSA) is 97.1 Å². The molecule has 3 rings (SSSR count). The molecule has 96 valence electrons. The van der Waals surface area contributed by atoms with E-state index in [0.29, 0.717) is 24.5 Å². The van der Waals surface area contributed by atoms with E-state index < -0.39 is 0 Å². The van der Waals surface area contributed by atoms with Crippen LogP contribution >= 0.6 is 11.3 Å². The van der Waals surface area contributed by atoms with E-state index in [1.807, 2.05) is 0 Å². The highest BCUT2D eigenvalue weighted by Gasteiger charge is 2.59. The van der Waals surface area contributed by atoms with E-state index in [9.17, 15) is 9.59 Å². The summed E-state index contributed by atoms with van der Waals surface area (Å²) in [6, 6.07) is -0.328. The zero-order valence-corrected chi connectivity index (χ0v) is 10.5. The highest BCUT2D eigenvalue weighted by molar-refractivity contribution is 7.11. The molecular formula is C11H14N4O2S. The van der Waals surface area contributed by atoms with Crippen molar-refractivity contribution in [2.45, 2.75) is 6.04 Å². The van der Waals surface area contributed by atoms with Crippen LogP contribution in [0, 0.1) is 11.3 Å². The largest absolute Gasteiger partial charge is 0.369 e. The molecule has 2 aliphatic rings. The number of nitrogens with one attached hydrogen (secondary N) is 2. The number of ketones is 1. The average Bonchev–Trinajstić information content (AvgIpc) is 2.98. The number of carbonyl (C=O) groups is 2. The van der Waals surface area contributed by atoms with E-state index in [1.165, 1.54) is 11.3 Å². The van der Waals surface area contributed by atoms with Crippen LogP contribution in [0.1, 0.15) is 9.67 Å². The molecule has 7 heteroatoms. The Morgan fingerprint density at radius 1 is 1.50 bits per heavy atom. The van der Waals surface area contributed by atoms with Crippen LogP contribution in [0.25, 0.3) is 0 Å². The van der Waals surface area contributed by atoms with Crippen LogP contribution in [-0.2, 0) is 4.79 Å². The number of carbonyl (C=O) groups excluding carboxylic acids is 2. The van der Waals surface area contributed by atoms with Crippen molar-refractivity contribution in [3.8, 4) is 0 Å². The number of Topliss-reactive ketones (excluding diaryl/α,β-unsaturated/α-hetero) is 1. The Balaban J connectivity index is 1.86. The Bertz CT molecular complexity index is 489. The first-order valence-corrected chi connectivity index (χ1v) is 6.69. The third-order valence-corrected chi connectivity index (χ3v) is 4.78. The second-order valence-corrected chi connectivity index (χ2v) is 5.75. The molecule has 1 aromatic rings. The van der Waals surface area contributed by atoms with E-state index in [4.69, 9.17) is 5.73 Å². The van der Waals surface area contributed by atoms with Crippen molar-refractivity contribution >= 4 is 23.0 Å². The second-order valence-electron chi connectivity index (χ2n) is 4.86. The molecule has 0 aliphatic carbocycles. The minimum absolute atomic E-state index is 0.0127. The van der Waals surface area contributed by atoms with Crippen LogP contribution in [0.2, 0.25) is 0 Å². The number of amides is 1. The number of primary amides is 1. The van der Waals surface area contributed by atoms with Crippen LogP contribution in [0.4, 0.5) is 0 Å². The van der Waals surface area contributed by atoms with Gasteiger partial charge in [-0.05, 0) is 0 Å². The van der Waals surface area contributed by atoms with E-state index in [0.717, 1.165) is 0 Å². The molecule has 1 amide bonds. The molecule has 0 saturated carbocycles. The van der Waals surface area contributed by atoms with Crippen molar-refractivity contribution in [3.05, 3.63) is 16.6 Å². The molecule has 1 spiro atoms. The Morgan fingerprint density at radius 3 is 2.89 bits per heavy atom. The molecule has 4 N–H and O–H groups in total. The van der Waals surface area contributed by atoms with Crippen molar-refractivity contribution in [1.82, 2.24) is 15.6 Å². The Morgan fingerprint density at radius 2 is 2.33 bits per heavy atom. The lowest BCUT2D eigenvalue weighted by Gasteiger charge is -2.49. The van der Waals surface area contributed by atoms with E-state index in [-0.39, 0.29) is 29.1 Å². The lowest BCUT2D eigenvalue weighted by molar-refractivity contribution is -0.126. The fourth-order valence-corrected chi connectivity index (χ4v) is 3.54. The van der Waals surface area contributed by atoms with Gasteiger partial charge in [0.2, 0.25) is 5.91 Å². The Kier molecular flexibility index (Phi) is 2.69. The van der Waals surface area contributed by atoms with Crippen molar-refractivity contribution in [3.63, 3.8) is 0 Å². The molecule has 2 saturated heterocycles. The summed E-state index contributed by atoms with van der Waals surface area (Å²) < 4.78 is 0. The molecule has 0 bridgehead atoms. The molecule has 0 radical (unpaired) electrons. The summed E-state index contributed by atoms with van der Waals surface area (Å²) >= 11 is 1.32. The Hall–Kier alpha value is -1.31. The van der Waals surface area contributed by atoms with Gasteiger partial charge in [0.1, 0.15) is 0 Å². The fourth-order valence-electron chi connectivity index (χ4n) is 2.95. The SMILES string of the molecule is NC(=O)C1CNCC12CNC2C(=O)c1cncs1. The predicted octanol–water partition coefficient (Wildman–Crippen LogP) is -1.01. The van der Waals surface area contributed by atoms with Gasteiger partial charge < -0.3 is 16.4 Å².